The molecule has 2 aromatic heterocycles. The average Bonchev–Trinajstić information content (AvgIpc) is 3.69. The first-order chi connectivity index (χ1) is 35.0. The van der Waals surface area contributed by atoms with Crippen molar-refractivity contribution in [2.45, 2.75) is 134 Å². The smallest absolute Gasteiger partial charge is 0.324 e. The molecule has 9 rings (SSSR count). The Labute approximate surface area is 442 Å². The number of likely N-dealkylation sites (N-methyl/N-ethyl adjacent to an activating group) is 1. The zero-order chi connectivity index (χ0) is 52.0. The van der Waals surface area contributed by atoms with Crippen molar-refractivity contribution in [2.24, 2.45) is 21.7 Å². The molecule has 1 unspecified atom stereocenters. The van der Waals surface area contributed by atoms with Crippen LogP contribution in [-0.2, 0) is 48.0 Å². The molecule has 5 amide bonds. The number of nitrogens with zero attached hydrogens (tertiary/aromatic N) is 7. The molecule has 6 aliphatic heterocycles. The lowest BCUT2D eigenvalue weighted by Crippen LogP contribution is -2.60. The van der Waals surface area contributed by atoms with Gasteiger partial charge in [-0.15, -0.1) is 23.1 Å². The number of carbonyl (C=O) groups excluding carboxylic acids is 5. The quantitative estimate of drug-likeness (QED) is 0.0896. The van der Waals surface area contributed by atoms with Crippen LogP contribution < -0.4 is 10.7 Å². The lowest BCUT2D eigenvalue weighted by Gasteiger charge is -2.48. The predicted molar refractivity (Wildman–Crippen MR) is 291 cm³/mol. The monoisotopic (exact) mass is 1050 g/mol. The van der Waals surface area contributed by atoms with Crippen molar-refractivity contribution in [1.82, 2.24) is 40.0 Å². The van der Waals surface area contributed by atoms with Crippen molar-refractivity contribution >= 4 is 93.1 Å². The van der Waals surface area contributed by atoms with Crippen LogP contribution in [0.1, 0.15) is 102 Å². The number of methoxy groups -OCH3 is 1. The maximum atomic E-state index is 15.0. The summed E-state index contributed by atoms with van der Waals surface area (Å²) in [6.45, 7) is 17.6. The number of thiocarbonyl (C=S) groups is 1. The van der Waals surface area contributed by atoms with Gasteiger partial charge in [0.25, 0.3) is 5.91 Å². The number of hydrogen-bond acceptors (Lipinski definition) is 13. The van der Waals surface area contributed by atoms with Gasteiger partial charge in [-0.05, 0) is 99.8 Å². The number of carbonyl (C=O) groups is 5. The topological polar surface area (TPSA) is 171 Å². The second kappa shape index (κ2) is 21.4. The van der Waals surface area contributed by atoms with Crippen LogP contribution in [0.25, 0.3) is 27.7 Å². The Morgan fingerprint density at radius 3 is 2.59 bits per heavy atom. The fraction of sp³-hybridized carbons (Fsp3) is 0.593. The number of amides is 5. The molecule has 0 radical (unpaired) electrons. The standard InChI is InChI=1S/C54H71N9O7S3/c1-9-43(64)61-22-13-18-53(31-61)19-24-60(25-20-53)51(68)59(7)45(33(3)4)47(65)57-49-54(73-49)28-42-56-39(30-72-42)34-16-17-40-36(26-34)37(46(62(40)10-2)35-14-11-21-55-44(35)41(29-71)69-8)27-52(5,6)32-70-48(66)38-15-12-23-63(58-38)50(54)67/h9,16-17,21,26,29-30,33,38,41,45,49,58H,1,10-15,18-20,22-25,27-28,31-32H2,2-8H3,(H,57,65)/t38-,41-,45-,49+,54?/m0/s1. The van der Waals surface area contributed by atoms with Crippen LogP contribution in [0.5, 0.6) is 0 Å². The van der Waals surface area contributed by atoms with Gasteiger partial charge in [0.05, 0.1) is 28.7 Å². The molecule has 392 valence electrons. The lowest BCUT2D eigenvalue weighted by atomic mass is 9.72. The number of piperidine rings is 2. The zero-order valence-corrected chi connectivity index (χ0v) is 45.8. The van der Waals surface area contributed by atoms with Crippen LogP contribution in [0.15, 0.2) is 46.9 Å². The number of allylic oxidation sites excluding steroid dienone is 1. The van der Waals surface area contributed by atoms with Crippen LogP contribution in [0.2, 0.25) is 0 Å². The van der Waals surface area contributed by atoms with Gasteiger partial charge in [-0.25, -0.2) is 15.2 Å². The minimum atomic E-state index is -1.13. The molecule has 6 aliphatic rings. The van der Waals surface area contributed by atoms with Gasteiger partial charge in [0, 0.05) is 104 Å². The first-order valence-electron chi connectivity index (χ1n) is 26.0. The third kappa shape index (κ3) is 10.4. The molecule has 2 N–H and O–H groups in total. The lowest BCUT2D eigenvalue weighted by molar-refractivity contribution is -0.155. The Balaban J connectivity index is 1.01. The first-order valence-corrected chi connectivity index (χ1v) is 28.2. The normalized spacial score (nSPS) is 24.8. The van der Waals surface area contributed by atoms with Gasteiger partial charge in [0.2, 0.25) is 11.8 Å². The Bertz CT molecular complexity index is 2740. The number of hydrogen-bond donors (Lipinski definition) is 2. The number of aliphatic imine (C=N–C) groups is 1. The maximum Gasteiger partial charge on any atom is 0.324 e. The van der Waals surface area contributed by atoms with E-state index in [1.165, 1.54) is 29.2 Å². The van der Waals surface area contributed by atoms with E-state index in [2.05, 4.69) is 60.9 Å². The first kappa shape index (κ1) is 52.9. The van der Waals surface area contributed by atoms with Crippen molar-refractivity contribution < 1.29 is 33.4 Å². The highest BCUT2D eigenvalue weighted by atomic mass is 32.2. The van der Waals surface area contributed by atoms with E-state index in [1.807, 2.05) is 35.2 Å². The largest absolute Gasteiger partial charge is 0.464 e. The molecule has 4 fully saturated rings. The van der Waals surface area contributed by atoms with Gasteiger partial charge >= 0.3 is 12.0 Å². The summed E-state index contributed by atoms with van der Waals surface area (Å²) in [7, 11) is 3.34. The van der Waals surface area contributed by atoms with E-state index in [4.69, 9.17) is 31.7 Å². The number of likely N-dealkylation sites (tertiary alicyclic amines) is 2. The Kier molecular flexibility index (Phi) is 15.5. The molecule has 6 bridgehead atoms. The molecule has 4 saturated heterocycles. The number of ether oxygens (including phenoxy) is 2. The van der Waals surface area contributed by atoms with Crippen molar-refractivity contribution in [2.75, 3.05) is 53.5 Å². The van der Waals surface area contributed by atoms with Crippen molar-refractivity contribution in [1.29, 1.82) is 0 Å². The SMILES string of the molecule is C=CC(=O)N1CCCC2(CCN(C(=O)N(C)[C@H](C(=O)N[C@@H]3SC34Cc3nc(cs3)-c3ccc5c(c3)c(c(C3=C([C@H](C=S)OC)N=CCC3)n5CC)CC(C)(C)COC(=O)[C@@H]3CCCN(N3)C4=O)C(C)C)CC2)C1. The number of rotatable bonds is 10. The molecule has 5 atom stereocenters. The summed E-state index contributed by atoms with van der Waals surface area (Å²) in [6, 6.07) is 4.69. The van der Waals surface area contributed by atoms with Gasteiger partial charge < -0.3 is 34.1 Å². The second-order valence-corrected chi connectivity index (χ2v) is 24.5. The van der Waals surface area contributed by atoms with E-state index in [9.17, 15) is 19.2 Å². The predicted octanol–water partition coefficient (Wildman–Crippen LogP) is 7.43. The van der Waals surface area contributed by atoms with Gasteiger partial charge in [0.15, 0.2) is 0 Å². The van der Waals surface area contributed by atoms with E-state index in [1.54, 1.807) is 29.4 Å². The summed E-state index contributed by atoms with van der Waals surface area (Å²) in [6.07, 6.45) is 9.78. The number of aromatic nitrogens is 2. The number of benzene rings is 1. The van der Waals surface area contributed by atoms with Crippen LogP contribution in [0, 0.1) is 16.7 Å². The van der Waals surface area contributed by atoms with Gasteiger partial charge in [-0.3, -0.25) is 29.2 Å². The van der Waals surface area contributed by atoms with Crippen molar-refractivity contribution in [3.05, 3.63) is 58.2 Å². The molecule has 0 aliphatic carbocycles. The minimum absolute atomic E-state index is 0.0393. The number of thioether (sulfide) groups is 1. The summed E-state index contributed by atoms with van der Waals surface area (Å²) in [4.78, 5) is 85.7. The second-order valence-electron chi connectivity index (χ2n) is 21.9. The molecule has 16 nitrogen and oxygen atoms in total. The van der Waals surface area contributed by atoms with Crippen LogP contribution in [-0.4, -0.2) is 152 Å². The molecule has 0 saturated carbocycles. The Morgan fingerprint density at radius 1 is 1.10 bits per heavy atom. The molecule has 1 aromatic carbocycles. The summed E-state index contributed by atoms with van der Waals surface area (Å²) in [5.74, 6) is -1.30. The van der Waals surface area contributed by atoms with Gasteiger partial charge in [-0.2, -0.15) is 0 Å². The number of esters is 1. The van der Waals surface area contributed by atoms with Gasteiger partial charge in [0.1, 0.15) is 28.3 Å². The number of thiazole rings is 1. The number of nitrogens with one attached hydrogen (secondary N) is 2. The summed E-state index contributed by atoms with van der Waals surface area (Å²) < 4.78 is 13.3. The van der Waals surface area contributed by atoms with Crippen molar-refractivity contribution in [3.63, 3.8) is 0 Å². The maximum absolute atomic E-state index is 15.0. The van der Waals surface area contributed by atoms with E-state index in [0.717, 1.165) is 94.8 Å². The summed E-state index contributed by atoms with van der Waals surface area (Å²) >= 11 is 8.30. The average molecular weight is 1050 g/mol. The number of fused-ring (bicyclic) bond motifs is 6. The molecular weight excluding hydrogens is 983 g/mol. The van der Waals surface area contributed by atoms with Crippen LogP contribution in [0.3, 0.4) is 0 Å². The summed E-state index contributed by atoms with van der Waals surface area (Å²) in [5, 5.41) is 9.60. The zero-order valence-electron chi connectivity index (χ0n) is 43.4. The van der Waals surface area contributed by atoms with E-state index < -0.39 is 39.7 Å². The molecule has 2 spiro atoms. The van der Waals surface area contributed by atoms with E-state index in [-0.39, 0.29) is 48.1 Å². The molecule has 19 heteroatoms. The summed E-state index contributed by atoms with van der Waals surface area (Å²) in [5.41, 5.74) is 9.60. The molecule has 8 heterocycles. The van der Waals surface area contributed by atoms with E-state index >= 15 is 4.79 Å². The third-order valence-electron chi connectivity index (χ3n) is 15.9. The number of aryl methyl sites for hydroxylation is 1. The molecular formula is C54H71N9O7S3. The highest BCUT2D eigenvalue weighted by molar-refractivity contribution is 8.09. The fourth-order valence-electron chi connectivity index (χ4n) is 12.0. The van der Waals surface area contributed by atoms with Gasteiger partial charge in [-0.1, -0.05) is 52.6 Å². The minimum Gasteiger partial charge on any atom is -0.464 e. The highest BCUT2D eigenvalue weighted by Crippen LogP contribution is 2.56. The molecule has 73 heavy (non-hydrogen) atoms. The number of urea groups is 1. The highest BCUT2D eigenvalue weighted by Gasteiger charge is 2.65. The van der Waals surface area contributed by atoms with Crippen LogP contribution in [0.4, 0.5) is 4.79 Å². The molecule has 3 aromatic rings. The fourth-order valence-corrected chi connectivity index (χ4v) is 14.4. The Morgan fingerprint density at radius 2 is 1.88 bits per heavy atom. The van der Waals surface area contributed by atoms with Crippen molar-refractivity contribution in [3.8, 4) is 11.3 Å². The van der Waals surface area contributed by atoms with E-state index in [0.29, 0.717) is 52.0 Å². The number of cyclic esters (lactones) is 1. The number of hydrazine groups is 1. The Hall–Kier alpha value is -4.95. The third-order valence-corrected chi connectivity index (χ3v) is 18.5. The van der Waals surface area contributed by atoms with Crippen LogP contribution >= 0.6 is 35.3 Å².